The molecule has 4 aromatic rings. The highest BCUT2D eigenvalue weighted by molar-refractivity contribution is 6.34. The molecule has 178 valence electrons. The van der Waals surface area contributed by atoms with Crippen molar-refractivity contribution in [1.29, 1.82) is 0 Å². The van der Waals surface area contributed by atoms with Gasteiger partial charge in [-0.15, -0.1) is 0 Å². The fourth-order valence-corrected chi connectivity index (χ4v) is 3.66. The van der Waals surface area contributed by atoms with Gasteiger partial charge in [0.05, 0.1) is 27.4 Å². The van der Waals surface area contributed by atoms with Gasteiger partial charge in [0.2, 0.25) is 0 Å². The van der Waals surface area contributed by atoms with E-state index in [1.165, 1.54) is 12.1 Å². The van der Waals surface area contributed by atoms with E-state index in [2.05, 4.69) is 20.9 Å². The van der Waals surface area contributed by atoms with E-state index in [0.29, 0.717) is 38.6 Å². The van der Waals surface area contributed by atoms with Crippen molar-refractivity contribution in [2.45, 2.75) is 13.1 Å². The van der Waals surface area contributed by atoms with Crippen LogP contribution in [0.1, 0.15) is 21.6 Å². The molecule has 10 heteroatoms. The maximum absolute atomic E-state index is 12.9. The lowest BCUT2D eigenvalue weighted by Gasteiger charge is -2.13. The van der Waals surface area contributed by atoms with Crippen molar-refractivity contribution in [3.05, 3.63) is 94.6 Å². The van der Waals surface area contributed by atoms with Crippen molar-refractivity contribution < 1.29 is 22.8 Å². The number of fused-ring (bicyclic) bond motifs is 1. The van der Waals surface area contributed by atoms with Gasteiger partial charge in [-0.05, 0) is 61.5 Å². The van der Waals surface area contributed by atoms with Gasteiger partial charge in [0.15, 0.2) is 0 Å². The molecule has 0 aliphatic carbocycles. The summed E-state index contributed by atoms with van der Waals surface area (Å²) in [7, 11) is 0. The summed E-state index contributed by atoms with van der Waals surface area (Å²) in [5.74, 6) is -0.414. The van der Waals surface area contributed by atoms with Crippen LogP contribution in [0.25, 0.3) is 10.9 Å². The first-order valence-corrected chi connectivity index (χ1v) is 10.7. The number of hydrogen-bond acceptors (Lipinski definition) is 3. The normalized spacial score (nSPS) is 11.2. The number of nitrogens with zero attached hydrogens (tertiary/aromatic N) is 1. The molecule has 1 heterocycles. The lowest BCUT2D eigenvalue weighted by molar-refractivity contribution is -0.137. The fourth-order valence-electron chi connectivity index (χ4n) is 3.44. The summed E-state index contributed by atoms with van der Waals surface area (Å²) in [5, 5.41) is 8.64. The lowest BCUT2D eigenvalue weighted by Crippen LogP contribution is -2.20. The predicted molar refractivity (Wildman–Crippen MR) is 130 cm³/mol. The minimum atomic E-state index is -4.53. The van der Waals surface area contributed by atoms with E-state index >= 15 is 0 Å². The van der Waals surface area contributed by atoms with E-state index in [9.17, 15) is 22.8 Å². The highest BCUT2D eigenvalue weighted by Crippen LogP contribution is 2.31. The lowest BCUT2D eigenvalue weighted by atomic mass is 10.1. The minimum Gasteiger partial charge on any atom is -0.321 e. The van der Waals surface area contributed by atoms with Gasteiger partial charge in [-0.1, -0.05) is 29.8 Å². The Balaban J connectivity index is 1.57. The number of carbonyl (C=O) groups excluding carboxylic acids is 2. The van der Waals surface area contributed by atoms with Crippen LogP contribution in [0.15, 0.2) is 72.8 Å². The van der Waals surface area contributed by atoms with Crippen LogP contribution in [0.2, 0.25) is 5.02 Å². The second-order valence-electron chi connectivity index (χ2n) is 7.63. The van der Waals surface area contributed by atoms with Gasteiger partial charge in [0.25, 0.3) is 5.91 Å². The molecule has 0 unspecified atom stereocenters. The number of anilines is 3. The average molecular weight is 499 g/mol. The van der Waals surface area contributed by atoms with Crippen molar-refractivity contribution in [3.63, 3.8) is 0 Å². The van der Waals surface area contributed by atoms with Crippen LogP contribution in [-0.2, 0) is 6.18 Å². The van der Waals surface area contributed by atoms with Crippen molar-refractivity contribution >= 4 is 51.5 Å². The molecule has 35 heavy (non-hydrogen) atoms. The van der Waals surface area contributed by atoms with Gasteiger partial charge < -0.3 is 16.0 Å². The summed E-state index contributed by atoms with van der Waals surface area (Å²) in [6.07, 6.45) is -4.53. The van der Waals surface area contributed by atoms with Gasteiger partial charge in [0.1, 0.15) is 0 Å². The maximum atomic E-state index is 12.9. The Morgan fingerprint density at radius 3 is 2.29 bits per heavy atom. The number of pyridine rings is 1. The van der Waals surface area contributed by atoms with Crippen molar-refractivity contribution in [2.24, 2.45) is 0 Å². The van der Waals surface area contributed by atoms with Gasteiger partial charge in [-0.3, -0.25) is 9.78 Å². The molecule has 0 saturated carbocycles. The molecule has 4 rings (SSSR count). The molecular weight excluding hydrogens is 481 g/mol. The number of nitrogens with one attached hydrogen (secondary N) is 3. The van der Waals surface area contributed by atoms with Gasteiger partial charge in [0, 0.05) is 22.5 Å². The zero-order valence-corrected chi connectivity index (χ0v) is 19.0. The monoisotopic (exact) mass is 498 g/mol. The van der Waals surface area contributed by atoms with Crippen LogP contribution in [0, 0.1) is 6.92 Å². The number of rotatable bonds is 4. The average Bonchev–Trinajstić information content (AvgIpc) is 2.79. The minimum absolute atomic E-state index is 0.0110. The third-order valence-electron chi connectivity index (χ3n) is 5.01. The number of urea groups is 1. The number of hydrogen-bond donors (Lipinski definition) is 3. The van der Waals surface area contributed by atoms with E-state index in [4.69, 9.17) is 11.6 Å². The van der Waals surface area contributed by atoms with Gasteiger partial charge >= 0.3 is 12.2 Å². The first-order chi connectivity index (χ1) is 16.6. The Labute approximate surface area is 203 Å². The number of carbonyl (C=O) groups is 2. The predicted octanol–water partition coefficient (Wildman–Crippen LogP) is 7.11. The molecule has 0 saturated heterocycles. The van der Waals surface area contributed by atoms with E-state index in [1.807, 2.05) is 0 Å². The Morgan fingerprint density at radius 2 is 1.57 bits per heavy atom. The third-order valence-corrected chi connectivity index (χ3v) is 5.34. The molecule has 0 fully saturated rings. The van der Waals surface area contributed by atoms with Crippen LogP contribution in [-0.4, -0.2) is 16.9 Å². The van der Waals surface area contributed by atoms with E-state index in [1.54, 1.807) is 55.5 Å². The first kappa shape index (κ1) is 24.0. The second kappa shape index (κ2) is 9.63. The molecule has 1 aromatic heterocycles. The Morgan fingerprint density at radius 1 is 0.857 bits per heavy atom. The Bertz CT molecular complexity index is 1440. The molecule has 0 bridgehead atoms. The van der Waals surface area contributed by atoms with E-state index in [-0.39, 0.29) is 5.69 Å². The molecule has 3 aromatic carbocycles. The molecule has 0 aliphatic heterocycles. The topological polar surface area (TPSA) is 83.1 Å². The SMILES string of the molecule is Cc1cc(NC(=O)c2ccccc2Cl)c2cc(NC(=O)Nc3cccc(C(F)(F)F)c3)ccc2n1. The number of benzene rings is 3. The molecule has 0 spiro atoms. The van der Waals surface area contributed by atoms with Crippen molar-refractivity contribution in [2.75, 3.05) is 16.0 Å². The smallest absolute Gasteiger partial charge is 0.321 e. The summed E-state index contributed by atoms with van der Waals surface area (Å²) in [6.45, 7) is 1.78. The molecule has 0 radical (unpaired) electrons. The summed E-state index contributed by atoms with van der Waals surface area (Å²) < 4.78 is 38.7. The van der Waals surface area contributed by atoms with E-state index < -0.39 is 23.7 Å². The molecular formula is C25H18ClF3N4O2. The zero-order chi connectivity index (χ0) is 25.2. The largest absolute Gasteiger partial charge is 0.416 e. The summed E-state index contributed by atoms with van der Waals surface area (Å²) in [4.78, 5) is 29.6. The second-order valence-corrected chi connectivity index (χ2v) is 8.04. The van der Waals surface area contributed by atoms with Crippen LogP contribution < -0.4 is 16.0 Å². The number of halogens is 4. The summed E-state index contributed by atoms with van der Waals surface area (Å²) in [5.41, 5.74) is 1.45. The molecule has 3 N–H and O–H groups in total. The summed E-state index contributed by atoms with van der Waals surface area (Å²) >= 11 is 6.13. The standard InChI is InChI=1S/C25H18ClF3N4O2/c1-14-11-22(33-23(34)18-7-2-3-8-20(18)26)19-13-17(9-10-21(19)30-14)32-24(35)31-16-6-4-5-15(12-16)25(27,28)29/h2-13H,1H3,(H,30,33,34)(H2,31,32,35). The number of aromatic nitrogens is 1. The van der Waals surface area contributed by atoms with Crippen LogP contribution in [0.4, 0.5) is 35.0 Å². The quantitative estimate of drug-likeness (QED) is 0.280. The first-order valence-electron chi connectivity index (χ1n) is 10.3. The van der Waals surface area contributed by atoms with Crippen molar-refractivity contribution in [3.8, 4) is 0 Å². The molecule has 6 nitrogen and oxygen atoms in total. The summed E-state index contributed by atoms with van der Waals surface area (Å²) in [6, 6.07) is 16.7. The molecule has 0 atom stereocenters. The Kier molecular flexibility index (Phi) is 6.61. The number of amides is 3. The van der Waals surface area contributed by atoms with Crippen LogP contribution in [0.5, 0.6) is 0 Å². The van der Waals surface area contributed by atoms with Crippen molar-refractivity contribution in [1.82, 2.24) is 4.98 Å². The highest BCUT2D eigenvalue weighted by Gasteiger charge is 2.30. The maximum Gasteiger partial charge on any atom is 0.416 e. The van der Waals surface area contributed by atoms with Crippen LogP contribution >= 0.6 is 11.6 Å². The molecule has 0 aliphatic rings. The molecule has 3 amide bonds. The third kappa shape index (κ3) is 5.70. The highest BCUT2D eigenvalue weighted by atomic mass is 35.5. The number of alkyl halides is 3. The Hall–Kier alpha value is -4.11. The zero-order valence-electron chi connectivity index (χ0n) is 18.2. The van der Waals surface area contributed by atoms with Gasteiger partial charge in [-0.25, -0.2) is 4.79 Å². The fraction of sp³-hybridized carbons (Fsp3) is 0.0800. The van der Waals surface area contributed by atoms with E-state index in [0.717, 1.165) is 12.1 Å². The van der Waals surface area contributed by atoms with Crippen LogP contribution in [0.3, 0.4) is 0 Å². The van der Waals surface area contributed by atoms with Gasteiger partial charge in [-0.2, -0.15) is 13.2 Å². The number of aryl methyl sites for hydroxylation is 1.